The Morgan fingerprint density at radius 3 is 2.11 bits per heavy atom. The normalized spacial score (nSPS) is 13.2. The van der Waals surface area contributed by atoms with E-state index in [9.17, 15) is 19.2 Å². The number of rotatable bonds is 6. The van der Waals surface area contributed by atoms with Crippen LogP contribution in [0.3, 0.4) is 0 Å². The second-order valence-electron chi connectivity index (χ2n) is 7.49. The Morgan fingerprint density at radius 2 is 1.47 bits per heavy atom. The minimum atomic E-state index is -0.735. The van der Waals surface area contributed by atoms with Crippen LogP contribution in [0, 0.1) is 0 Å². The summed E-state index contributed by atoms with van der Waals surface area (Å²) in [5, 5.41) is 5.93. The van der Waals surface area contributed by atoms with E-state index in [0.29, 0.717) is 21.4 Å². The molecule has 8 nitrogen and oxygen atoms in total. The van der Waals surface area contributed by atoms with Crippen LogP contribution in [0.4, 0.5) is 17.1 Å². The maximum Gasteiger partial charge on any atom is 0.337 e. The van der Waals surface area contributed by atoms with E-state index in [0.717, 1.165) is 4.90 Å². The van der Waals surface area contributed by atoms with Gasteiger partial charge in [0.25, 0.3) is 17.7 Å². The zero-order valence-corrected chi connectivity index (χ0v) is 20.7. The Kier molecular flexibility index (Phi) is 7.30. The average Bonchev–Trinajstić information content (AvgIpc) is 3.06. The van der Waals surface area contributed by atoms with E-state index in [1.165, 1.54) is 43.5 Å². The van der Waals surface area contributed by atoms with Crippen LogP contribution in [0.25, 0.3) is 0 Å². The van der Waals surface area contributed by atoms with Crippen LogP contribution in [0.1, 0.15) is 20.7 Å². The molecule has 0 radical (unpaired) electrons. The standard InChI is InChI=1S/C25H16Cl3N3O5/c1-36-25(35)13-5-7-19(8-6-13)31-23(33)20(28)21(24(31)34)29-17-4-2-3-14(9-17)22(32)30-18-11-15(26)10-16(27)12-18/h2-12,29H,1H3,(H,30,32). The van der Waals surface area contributed by atoms with Crippen LogP contribution in [-0.4, -0.2) is 30.8 Å². The number of hydrogen-bond donors (Lipinski definition) is 2. The first kappa shape index (κ1) is 25.2. The number of hydrogen-bond acceptors (Lipinski definition) is 6. The molecule has 4 rings (SSSR count). The second kappa shape index (κ2) is 10.4. The van der Waals surface area contributed by atoms with E-state index in [1.807, 2.05) is 0 Å². The van der Waals surface area contributed by atoms with Gasteiger partial charge in [-0.15, -0.1) is 0 Å². The molecule has 0 atom stereocenters. The summed E-state index contributed by atoms with van der Waals surface area (Å²) < 4.78 is 4.65. The van der Waals surface area contributed by atoms with Gasteiger partial charge in [-0.3, -0.25) is 14.4 Å². The third kappa shape index (κ3) is 5.21. The van der Waals surface area contributed by atoms with Crippen LogP contribution >= 0.6 is 34.8 Å². The van der Waals surface area contributed by atoms with E-state index >= 15 is 0 Å². The van der Waals surface area contributed by atoms with E-state index in [4.69, 9.17) is 34.8 Å². The number of anilines is 3. The Hall–Kier alpha value is -3.85. The fourth-order valence-corrected chi connectivity index (χ4v) is 4.16. The molecule has 182 valence electrons. The Bertz CT molecular complexity index is 1420. The van der Waals surface area contributed by atoms with Gasteiger partial charge in [0.1, 0.15) is 10.7 Å². The highest BCUT2D eigenvalue weighted by atomic mass is 35.5. The predicted molar refractivity (Wildman–Crippen MR) is 138 cm³/mol. The van der Waals surface area contributed by atoms with Gasteiger partial charge in [0.2, 0.25) is 0 Å². The molecule has 0 saturated heterocycles. The lowest BCUT2D eigenvalue weighted by Gasteiger charge is -2.15. The third-order valence-corrected chi connectivity index (χ3v) is 5.88. The number of ether oxygens (including phenoxy) is 1. The third-order valence-electron chi connectivity index (χ3n) is 5.09. The summed E-state index contributed by atoms with van der Waals surface area (Å²) in [5.41, 5.74) is 1.35. The van der Waals surface area contributed by atoms with Crippen molar-refractivity contribution in [2.24, 2.45) is 0 Å². The number of amides is 3. The summed E-state index contributed by atoms with van der Waals surface area (Å²) in [7, 11) is 1.25. The smallest absolute Gasteiger partial charge is 0.337 e. The van der Waals surface area contributed by atoms with Gasteiger partial charge in [0.05, 0.1) is 18.4 Å². The van der Waals surface area contributed by atoms with Crippen molar-refractivity contribution >= 4 is 75.6 Å². The van der Waals surface area contributed by atoms with Crippen LogP contribution < -0.4 is 15.5 Å². The zero-order valence-electron chi connectivity index (χ0n) is 18.5. The molecular formula is C25H16Cl3N3O5. The lowest BCUT2D eigenvalue weighted by Crippen LogP contribution is -2.32. The Balaban J connectivity index is 1.52. The van der Waals surface area contributed by atoms with Gasteiger partial charge in [0.15, 0.2) is 0 Å². The van der Waals surface area contributed by atoms with Gasteiger partial charge in [-0.05, 0) is 60.7 Å². The first-order valence-electron chi connectivity index (χ1n) is 10.3. The first-order chi connectivity index (χ1) is 17.2. The number of methoxy groups -OCH3 is 1. The number of carbonyl (C=O) groups is 4. The fourth-order valence-electron chi connectivity index (χ4n) is 3.42. The Labute approximate surface area is 220 Å². The SMILES string of the molecule is COC(=O)c1ccc(N2C(=O)C(Cl)=C(Nc3cccc(C(=O)Nc4cc(Cl)cc(Cl)c4)c3)C2=O)cc1. The summed E-state index contributed by atoms with van der Waals surface area (Å²) in [6.45, 7) is 0. The van der Waals surface area contributed by atoms with Crippen molar-refractivity contribution in [2.75, 3.05) is 22.6 Å². The van der Waals surface area contributed by atoms with Gasteiger partial charge in [-0.1, -0.05) is 40.9 Å². The van der Waals surface area contributed by atoms with Gasteiger partial charge >= 0.3 is 5.97 Å². The molecule has 3 amide bonds. The molecule has 3 aromatic rings. The van der Waals surface area contributed by atoms with E-state index < -0.39 is 23.7 Å². The summed E-state index contributed by atoms with van der Waals surface area (Å²) in [5.74, 6) is -2.43. The highest BCUT2D eigenvalue weighted by molar-refractivity contribution is 6.53. The number of benzene rings is 3. The molecule has 1 heterocycles. The zero-order chi connectivity index (χ0) is 26.0. The van der Waals surface area contributed by atoms with Gasteiger partial charge in [-0.25, -0.2) is 9.69 Å². The quantitative estimate of drug-likeness (QED) is 0.315. The maximum absolute atomic E-state index is 13.0. The molecule has 0 saturated carbocycles. The molecule has 0 bridgehead atoms. The predicted octanol–water partition coefficient (Wildman–Crippen LogP) is 5.47. The summed E-state index contributed by atoms with van der Waals surface area (Å²) >= 11 is 18.1. The monoisotopic (exact) mass is 543 g/mol. The summed E-state index contributed by atoms with van der Waals surface area (Å²) in [6, 6.07) is 16.6. The molecule has 1 aliphatic rings. The largest absolute Gasteiger partial charge is 0.465 e. The van der Waals surface area contributed by atoms with Crippen LogP contribution in [0.2, 0.25) is 10.0 Å². The second-order valence-corrected chi connectivity index (χ2v) is 8.74. The fraction of sp³-hybridized carbons (Fsp3) is 0.0400. The molecule has 36 heavy (non-hydrogen) atoms. The Morgan fingerprint density at radius 1 is 0.806 bits per heavy atom. The van der Waals surface area contributed by atoms with Crippen molar-refractivity contribution in [3.8, 4) is 0 Å². The van der Waals surface area contributed by atoms with Crippen molar-refractivity contribution in [1.29, 1.82) is 0 Å². The van der Waals surface area contributed by atoms with Crippen molar-refractivity contribution < 1.29 is 23.9 Å². The topological polar surface area (TPSA) is 105 Å². The number of nitrogens with one attached hydrogen (secondary N) is 2. The van der Waals surface area contributed by atoms with Gasteiger partial charge in [0, 0.05) is 27.0 Å². The molecule has 0 aromatic heterocycles. The molecule has 0 spiro atoms. The van der Waals surface area contributed by atoms with Crippen molar-refractivity contribution in [2.45, 2.75) is 0 Å². The number of esters is 1. The lowest BCUT2D eigenvalue weighted by molar-refractivity contribution is -0.120. The number of carbonyl (C=O) groups excluding carboxylic acids is 4. The number of halogens is 3. The van der Waals surface area contributed by atoms with E-state index in [2.05, 4.69) is 15.4 Å². The van der Waals surface area contributed by atoms with Gasteiger partial charge in [-0.2, -0.15) is 0 Å². The average molecular weight is 545 g/mol. The highest BCUT2D eigenvalue weighted by Gasteiger charge is 2.39. The van der Waals surface area contributed by atoms with Gasteiger partial charge < -0.3 is 15.4 Å². The molecule has 3 aromatic carbocycles. The summed E-state index contributed by atoms with van der Waals surface area (Å²) in [4.78, 5) is 51.0. The molecule has 0 aliphatic carbocycles. The molecule has 11 heteroatoms. The highest BCUT2D eigenvalue weighted by Crippen LogP contribution is 2.31. The molecule has 1 aliphatic heterocycles. The van der Waals surface area contributed by atoms with Crippen molar-refractivity contribution in [3.63, 3.8) is 0 Å². The number of nitrogens with zero attached hydrogens (tertiary/aromatic N) is 1. The van der Waals surface area contributed by atoms with Crippen LogP contribution in [-0.2, 0) is 14.3 Å². The summed E-state index contributed by atoms with van der Waals surface area (Å²) in [6.07, 6.45) is 0. The molecular weight excluding hydrogens is 529 g/mol. The van der Waals surface area contributed by atoms with Crippen molar-refractivity contribution in [3.05, 3.63) is 98.6 Å². The van der Waals surface area contributed by atoms with Crippen LogP contribution in [0.15, 0.2) is 77.5 Å². The first-order valence-corrected chi connectivity index (χ1v) is 11.4. The van der Waals surface area contributed by atoms with Crippen LogP contribution in [0.5, 0.6) is 0 Å². The number of imide groups is 1. The maximum atomic E-state index is 13.0. The molecule has 0 unspecified atom stereocenters. The molecule has 0 fully saturated rings. The minimum absolute atomic E-state index is 0.155. The van der Waals surface area contributed by atoms with E-state index in [-0.39, 0.29) is 27.5 Å². The lowest BCUT2D eigenvalue weighted by atomic mass is 10.1. The molecule has 2 N–H and O–H groups in total. The van der Waals surface area contributed by atoms with E-state index in [1.54, 1.807) is 30.3 Å². The minimum Gasteiger partial charge on any atom is -0.465 e. The van der Waals surface area contributed by atoms with Crippen molar-refractivity contribution in [1.82, 2.24) is 0 Å².